The fourth-order valence-electron chi connectivity index (χ4n) is 6.10. The molecule has 3 aromatic heterocycles. The molecule has 0 bridgehead atoms. The van der Waals surface area contributed by atoms with Crippen molar-refractivity contribution >= 4 is 11.0 Å². The van der Waals surface area contributed by atoms with Crippen LogP contribution in [0.4, 0.5) is 0 Å². The third kappa shape index (κ3) is 5.36. The van der Waals surface area contributed by atoms with Crippen molar-refractivity contribution in [1.82, 2.24) is 14.5 Å². The van der Waals surface area contributed by atoms with E-state index in [1.54, 1.807) is 32.7 Å². The summed E-state index contributed by atoms with van der Waals surface area (Å²) in [4.78, 5) is 20.5. The number of hydrogen-bond donors (Lipinski definition) is 2. The highest BCUT2D eigenvalue weighted by Gasteiger charge is 2.42. The van der Waals surface area contributed by atoms with Gasteiger partial charge in [-0.3, -0.25) is 4.57 Å². The molecule has 4 heterocycles. The zero-order valence-electron chi connectivity index (χ0n) is 25.3. The topological polar surface area (TPSA) is 121 Å². The number of benzene rings is 3. The summed E-state index contributed by atoms with van der Waals surface area (Å²) >= 11 is 0. The molecule has 1 aliphatic heterocycles. The van der Waals surface area contributed by atoms with Gasteiger partial charge in [0.25, 0.3) is 0 Å². The first-order valence-electron chi connectivity index (χ1n) is 15.0. The van der Waals surface area contributed by atoms with Gasteiger partial charge in [-0.1, -0.05) is 54.6 Å². The number of furan rings is 1. The lowest BCUT2D eigenvalue weighted by Gasteiger charge is -2.37. The average Bonchev–Trinajstić information content (AvgIpc) is 3.86. The Morgan fingerprint density at radius 2 is 1.57 bits per heavy atom. The van der Waals surface area contributed by atoms with Crippen molar-refractivity contribution in [2.24, 2.45) is 0 Å². The Bertz CT molecular complexity index is 1920. The first kappa shape index (κ1) is 29.5. The molecule has 1 aliphatic rings. The third-order valence-corrected chi connectivity index (χ3v) is 8.47. The molecule has 0 saturated carbocycles. The molecule has 1 saturated heterocycles. The Balaban J connectivity index is 1.21. The molecule has 234 valence electrons. The van der Waals surface area contributed by atoms with Gasteiger partial charge in [0.1, 0.15) is 40.8 Å². The Hall–Kier alpha value is -5.16. The van der Waals surface area contributed by atoms with E-state index in [1.807, 2.05) is 91.0 Å². The number of methoxy groups -OCH3 is 2. The van der Waals surface area contributed by atoms with E-state index < -0.39 is 29.7 Å². The van der Waals surface area contributed by atoms with Crippen molar-refractivity contribution in [2.45, 2.75) is 30.5 Å². The standard InChI is InChI=1S/C36H33N3O7/c1-42-27-14-10-25(11-15-27)36(24-7-4-3-5-8-24,26-12-16-28(43-2)17-13-26)45-22-32-30(40)20-33(46-32)39-21-23-19-29(31-9-6-18-44-31)37-34(23)38-35(39)41/h3-19,21,30,32-33,40H,20,22H2,1-2H3,(H,37,38,41)/t30-,32+,33+/m0/s1. The second kappa shape index (κ2) is 12.3. The lowest BCUT2D eigenvalue weighted by Crippen LogP contribution is -2.38. The van der Waals surface area contributed by atoms with E-state index in [0.717, 1.165) is 16.7 Å². The highest BCUT2D eigenvalue weighted by atomic mass is 16.6. The Labute approximate surface area is 264 Å². The number of nitrogens with zero attached hydrogens (tertiary/aromatic N) is 2. The van der Waals surface area contributed by atoms with Crippen molar-refractivity contribution in [2.75, 3.05) is 20.8 Å². The maximum atomic E-state index is 13.1. The number of ether oxygens (including phenoxy) is 4. The molecule has 3 aromatic carbocycles. The van der Waals surface area contributed by atoms with Crippen molar-refractivity contribution in [3.05, 3.63) is 137 Å². The number of aliphatic hydroxyl groups excluding tert-OH is 1. The van der Waals surface area contributed by atoms with Crippen LogP contribution in [-0.4, -0.2) is 52.7 Å². The molecule has 6 aromatic rings. The van der Waals surface area contributed by atoms with Crippen molar-refractivity contribution in [3.63, 3.8) is 0 Å². The first-order chi connectivity index (χ1) is 22.5. The maximum Gasteiger partial charge on any atom is 0.351 e. The molecule has 1 fully saturated rings. The van der Waals surface area contributed by atoms with Gasteiger partial charge in [-0.25, -0.2) is 4.79 Å². The van der Waals surface area contributed by atoms with E-state index in [4.69, 9.17) is 23.4 Å². The van der Waals surface area contributed by atoms with Gasteiger partial charge in [-0.15, -0.1) is 0 Å². The van der Waals surface area contributed by atoms with Crippen LogP contribution in [0, 0.1) is 0 Å². The summed E-state index contributed by atoms with van der Waals surface area (Å²) in [5.41, 5.74) is 2.19. The summed E-state index contributed by atoms with van der Waals surface area (Å²) < 4.78 is 31.0. The molecule has 2 N–H and O–H groups in total. The van der Waals surface area contributed by atoms with E-state index >= 15 is 0 Å². The van der Waals surface area contributed by atoms with Crippen LogP contribution in [0.5, 0.6) is 11.5 Å². The number of fused-ring (bicyclic) bond motifs is 1. The van der Waals surface area contributed by atoms with Crippen LogP contribution < -0.4 is 15.2 Å². The molecule has 0 spiro atoms. The largest absolute Gasteiger partial charge is 0.497 e. The molecule has 7 rings (SSSR count). The summed E-state index contributed by atoms with van der Waals surface area (Å²) in [6.07, 6.45) is 1.12. The second-order valence-electron chi connectivity index (χ2n) is 11.1. The fraction of sp³-hybridized carbons (Fsp3) is 0.222. The lowest BCUT2D eigenvalue weighted by atomic mass is 9.80. The summed E-state index contributed by atoms with van der Waals surface area (Å²) in [7, 11) is 3.25. The molecule has 46 heavy (non-hydrogen) atoms. The Morgan fingerprint density at radius 3 is 2.17 bits per heavy atom. The summed E-state index contributed by atoms with van der Waals surface area (Å²) in [5, 5.41) is 11.9. The molecule has 0 unspecified atom stereocenters. The molecule has 0 aliphatic carbocycles. The van der Waals surface area contributed by atoms with Gasteiger partial charge in [0.2, 0.25) is 0 Å². The highest BCUT2D eigenvalue weighted by molar-refractivity contribution is 5.81. The van der Waals surface area contributed by atoms with Gasteiger partial charge in [0, 0.05) is 18.0 Å². The van der Waals surface area contributed by atoms with Gasteiger partial charge in [0.05, 0.1) is 38.9 Å². The minimum atomic E-state index is -1.08. The number of aromatic nitrogens is 3. The van der Waals surface area contributed by atoms with E-state index in [0.29, 0.717) is 34.0 Å². The number of rotatable bonds is 10. The third-order valence-electron chi connectivity index (χ3n) is 8.47. The molecular weight excluding hydrogens is 586 g/mol. The van der Waals surface area contributed by atoms with E-state index in [1.165, 1.54) is 4.57 Å². The van der Waals surface area contributed by atoms with Crippen LogP contribution in [0.1, 0.15) is 29.3 Å². The van der Waals surface area contributed by atoms with Crippen molar-refractivity contribution in [1.29, 1.82) is 0 Å². The van der Waals surface area contributed by atoms with Gasteiger partial charge < -0.3 is 33.5 Å². The Kier molecular flexibility index (Phi) is 7.91. The molecule has 10 heteroatoms. The smallest absolute Gasteiger partial charge is 0.351 e. The summed E-state index contributed by atoms with van der Waals surface area (Å²) in [6, 6.07) is 30.8. The number of hydrogen-bond acceptors (Lipinski definition) is 8. The van der Waals surface area contributed by atoms with Crippen LogP contribution in [-0.2, 0) is 15.1 Å². The second-order valence-corrected chi connectivity index (χ2v) is 11.1. The quantitative estimate of drug-likeness (QED) is 0.189. The first-order valence-corrected chi connectivity index (χ1v) is 15.0. The van der Waals surface area contributed by atoms with Crippen molar-refractivity contribution in [3.8, 4) is 23.0 Å². The predicted molar refractivity (Wildman–Crippen MR) is 171 cm³/mol. The van der Waals surface area contributed by atoms with Gasteiger partial charge in [-0.05, 0) is 59.2 Å². The SMILES string of the molecule is COc1ccc(C(OC[C@H]2O[C@@H](n3cc4cc(-c5ccco5)[nH]c4nc3=O)C[C@@H]2O)(c2ccccc2)c2ccc(OC)cc2)cc1. The van der Waals surface area contributed by atoms with E-state index in [-0.39, 0.29) is 13.0 Å². The maximum absolute atomic E-state index is 13.1. The predicted octanol–water partition coefficient (Wildman–Crippen LogP) is 5.66. The zero-order valence-corrected chi connectivity index (χ0v) is 25.3. The average molecular weight is 620 g/mol. The Morgan fingerprint density at radius 1 is 0.913 bits per heavy atom. The molecule has 0 amide bonds. The van der Waals surface area contributed by atoms with Gasteiger partial charge >= 0.3 is 5.69 Å². The molecule has 3 atom stereocenters. The molecule has 10 nitrogen and oxygen atoms in total. The number of aliphatic hydroxyl groups is 1. The normalized spacial score (nSPS) is 18.2. The minimum absolute atomic E-state index is 0.0296. The van der Waals surface area contributed by atoms with Crippen LogP contribution >= 0.6 is 0 Å². The summed E-state index contributed by atoms with van der Waals surface area (Å²) in [5.74, 6) is 2.07. The van der Waals surface area contributed by atoms with Crippen LogP contribution in [0.25, 0.3) is 22.5 Å². The molecule has 0 radical (unpaired) electrons. The zero-order chi connectivity index (χ0) is 31.7. The van der Waals surface area contributed by atoms with Gasteiger partial charge in [-0.2, -0.15) is 4.98 Å². The van der Waals surface area contributed by atoms with Crippen LogP contribution in [0.15, 0.2) is 119 Å². The monoisotopic (exact) mass is 619 g/mol. The fourth-order valence-corrected chi connectivity index (χ4v) is 6.10. The van der Waals surface area contributed by atoms with Crippen LogP contribution in [0.2, 0.25) is 0 Å². The summed E-state index contributed by atoms with van der Waals surface area (Å²) in [6.45, 7) is 0.0296. The number of nitrogens with one attached hydrogen (secondary N) is 1. The number of H-pyrrole nitrogens is 1. The van der Waals surface area contributed by atoms with Crippen LogP contribution in [0.3, 0.4) is 0 Å². The number of aromatic amines is 1. The highest BCUT2D eigenvalue weighted by Crippen LogP contribution is 2.42. The molecular formula is C36H33N3O7. The van der Waals surface area contributed by atoms with E-state index in [2.05, 4.69) is 9.97 Å². The van der Waals surface area contributed by atoms with Gasteiger partial charge in [0.15, 0.2) is 0 Å². The van der Waals surface area contributed by atoms with E-state index in [9.17, 15) is 9.90 Å². The lowest BCUT2D eigenvalue weighted by molar-refractivity contribution is -0.0943. The minimum Gasteiger partial charge on any atom is -0.497 e. The van der Waals surface area contributed by atoms with Crippen molar-refractivity contribution < 1.29 is 28.5 Å².